The summed E-state index contributed by atoms with van der Waals surface area (Å²) in [6, 6.07) is 10.4. The Morgan fingerprint density at radius 1 is 1.22 bits per heavy atom. The van der Waals surface area contributed by atoms with Gasteiger partial charge in [0.25, 0.3) is 0 Å². The van der Waals surface area contributed by atoms with Gasteiger partial charge in [-0.05, 0) is 37.8 Å². The van der Waals surface area contributed by atoms with Gasteiger partial charge in [-0.25, -0.2) is 0 Å². The molecule has 1 aliphatic rings. The van der Waals surface area contributed by atoms with Crippen molar-refractivity contribution in [3.63, 3.8) is 0 Å². The first-order chi connectivity index (χ1) is 8.86. The lowest BCUT2D eigenvalue weighted by Crippen LogP contribution is -2.04. The number of allylic oxidation sites excluding steroid dienone is 1. The molecule has 1 aliphatic carbocycles. The van der Waals surface area contributed by atoms with Crippen molar-refractivity contribution in [1.29, 1.82) is 0 Å². The molecule has 18 heavy (non-hydrogen) atoms. The zero-order valence-electron chi connectivity index (χ0n) is 10.7. The highest BCUT2D eigenvalue weighted by molar-refractivity contribution is 7.99. The molecule has 1 atom stereocenters. The normalized spacial score (nSPS) is 19.8. The molecule has 0 bridgehead atoms. The average molecular weight is 260 g/mol. The second kappa shape index (κ2) is 7.42. The SMILES string of the molecule is O=C1CCC[C@H]1CC/C=C/CSc1ccccc1. The van der Waals surface area contributed by atoms with Gasteiger partial charge in [0.15, 0.2) is 0 Å². The Morgan fingerprint density at radius 2 is 2.06 bits per heavy atom. The molecular weight excluding hydrogens is 240 g/mol. The number of ketones is 1. The monoisotopic (exact) mass is 260 g/mol. The van der Waals surface area contributed by atoms with Gasteiger partial charge >= 0.3 is 0 Å². The van der Waals surface area contributed by atoms with Gasteiger partial charge in [-0.3, -0.25) is 4.79 Å². The van der Waals surface area contributed by atoms with E-state index in [9.17, 15) is 4.79 Å². The average Bonchev–Trinajstić information content (AvgIpc) is 2.81. The molecule has 0 radical (unpaired) electrons. The van der Waals surface area contributed by atoms with Crippen LogP contribution in [0.5, 0.6) is 0 Å². The van der Waals surface area contributed by atoms with E-state index >= 15 is 0 Å². The molecule has 0 unspecified atom stereocenters. The Labute approximate surface area is 114 Å². The van der Waals surface area contributed by atoms with E-state index in [1.807, 2.05) is 17.8 Å². The van der Waals surface area contributed by atoms with Gasteiger partial charge in [0, 0.05) is 23.0 Å². The third kappa shape index (κ3) is 4.34. The summed E-state index contributed by atoms with van der Waals surface area (Å²) in [5, 5.41) is 0. The fraction of sp³-hybridized carbons (Fsp3) is 0.438. The largest absolute Gasteiger partial charge is 0.299 e. The van der Waals surface area contributed by atoms with Crippen LogP contribution in [0.2, 0.25) is 0 Å². The van der Waals surface area contributed by atoms with Crippen molar-refractivity contribution in [1.82, 2.24) is 0 Å². The number of hydrogen-bond acceptors (Lipinski definition) is 2. The third-order valence-corrected chi connectivity index (χ3v) is 4.33. The standard InChI is InChI=1S/C16H20OS/c17-16-12-7-9-14(16)8-3-2-6-13-18-15-10-4-1-5-11-15/h1-2,4-6,10-11,14H,3,7-9,12-13H2/b6-2+/t14-/m1/s1. The summed E-state index contributed by atoms with van der Waals surface area (Å²) in [6.45, 7) is 0. The molecule has 2 rings (SSSR count). The summed E-state index contributed by atoms with van der Waals surface area (Å²) >= 11 is 1.85. The molecule has 1 aromatic rings. The highest BCUT2D eigenvalue weighted by atomic mass is 32.2. The van der Waals surface area contributed by atoms with E-state index in [1.54, 1.807) is 0 Å². The van der Waals surface area contributed by atoms with Crippen LogP contribution in [-0.2, 0) is 4.79 Å². The van der Waals surface area contributed by atoms with Crippen LogP contribution in [0.25, 0.3) is 0 Å². The maximum Gasteiger partial charge on any atom is 0.135 e. The summed E-state index contributed by atoms with van der Waals surface area (Å²) < 4.78 is 0. The molecule has 0 spiro atoms. The quantitative estimate of drug-likeness (QED) is 0.554. The van der Waals surface area contributed by atoms with E-state index in [2.05, 4.69) is 36.4 Å². The van der Waals surface area contributed by atoms with Crippen molar-refractivity contribution in [2.45, 2.75) is 37.0 Å². The lowest BCUT2D eigenvalue weighted by molar-refractivity contribution is -0.120. The lowest BCUT2D eigenvalue weighted by Gasteiger charge is -2.03. The van der Waals surface area contributed by atoms with Crippen LogP contribution in [0.1, 0.15) is 32.1 Å². The van der Waals surface area contributed by atoms with E-state index in [-0.39, 0.29) is 0 Å². The number of thioether (sulfide) groups is 1. The van der Waals surface area contributed by atoms with Crippen molar-refractivity contribution in [3.05, 3.63) is 42.5 Å². The molecule has 1 saturated carbocycles. The second-order valence-corrected chi connectivity index (χ2v) is 5.82. The minimum Gasteiger partial charge on any atom is -0.299 e. The van der Waals surface area contributed by atoms with Crippen molar-refractivity contribution in [2.75, 3.05) is 5.75 Å². The third-order valence-electron chi connectivity index (χ3n) is 3.37. The van der Waals surface area contributed by atoms with E-state index in [0.717, 1.165) is 37.9 Å². The maximum absolute atomic E-state index is 11.5. The highest BCUT2D eigenvalue weighted by Gasteiger charge is 2.22. The van der Waals surface area contributed by atoms with Crippen LogP contribution in [0, 0.1) is 5.92 Å². The topological polar surface area (TPSA) is 17.1 Å². The number of benzene rings is 1. The fourth-order valence-electron chi connectivity index (χ4n) is 2.34. The highest BCUT2D eigenvalue weighted by Crippen LogP contribution is 2.25. The number of hydrogen-bond donors (Lipinski definition) is 0. The first-order valence-electron chi connectivity index (χ1n) is 6.72. The van der Waals surface area contributed by atoms with Crippen molar-refractivity contribution in [2.24, 2.45) is 5.92 Å². The molecule has 0 N–H and O–H groups in total. The zero-order chi connectivity index (χ0) is 12.6. The van der Waals surface area contributed by atoms with Crippen LogP contribution in [-0.4, -0.2) is 11.5 Å². The zero-order valence-corrected chi connectivity index (χ0v) is 11.5. The van der Waals surface area contributed by atoms with Crippen LogP contribution < -0.4 is 0 Å². The first kappa shape index (κ1) is 13.4. The van der Waals surface area contributed by atoms with E-state index in [0.29, 0.717) is 11.7 Å². The molecule has 2 heteroatoms. The maximum atomic E-state index is 11.5. The number of rotatable bonds is 6. The summed E-state index contributed by atoms with van der Waals surface area (Å²) in [5.41, 5.74) is 0. The van der Waals surface area contributed by atoms with Gasteiger partial charge in [0.1, 0.15) is 5.78 Å². The van der Waals surface area contributed by atoms with Gasteiger partial charge < -0.3 is 0 Å². The Morgan fingerprint density at radius 3 is 2.78 bits per heavy atom. The molecule has 0 saturated heterocycles. The van der Waals surface area contributed by atoms with E-state index in [1.165, 1.54) is 4.90 Å². The van der Waals surface area contributed by atoms with Crippen LogP contribution in [0.15, 0.2) is 47.4 Å². The fourth-order valence-corrected chi connectivity index (χ4v) is 3.11. The van der Waals surface area contributed by atoms with Crippen LogP contribution in [0.4, 0.5) is 0 Å². The summed E-state index contributed by atoms with van der Waals surface area (Å²) in [6.07, 6.45) is 9.58. The van der Waals surface area contributed by atoms with E-state index < -0.39 is 0 Å². The molecule has 0 amide bonds. The lowest BCUT2D eigenvalue weighted by atomic mass is 10.0. The first-order valence-corrected chi connectivity index (χ1v) is 7.70. The predicted octanol–water partition coefficient (Wildman–Crippen LogP) is 4.48. The Balaban J connectivity index is 1.59. The smallest absolute Gasteiger partial charge is 0.135 e. The minimum absolute atomic E-state index is 0.358. The number of Topliss-reactive ketones (excluding diaryl/α,β-unsaturated/α-hetero) is 1. The van der Waals surface area contributed by atoms with Gasteiger partial charge in [-0.1, -0.05) is 30.4 Å². The molecular formula is C16H20OS. The van der Waals surface area contributed by atoms with Crippen LogP contribution in [0.3, 0.4) is 0 Å². The molecule has 1 aromatic carbocycles. The predicted molar refractivity (Wildman–Crippen MR) is 77.9 cm³/mol. The van der Waals surface area contributed by atoms with Gasteiger partial charge in [0.2, 0.25) is 0 Å². The molecule has 96 valence electrons. The Kier molecular flexibility index (Phi) is 5.53. The summed E-state index contributed by atoms with van der Waals surface area (Å²) in [4.78, 5) is 12.8. The van der Waals surface area contributed by atoms with Crippen molar-refractivity contribution >= 4 is 17.5 Å². The van der Waals surface area contributed by atoms with E-state index in [4.69, 9.17) is 0 Å². The van der Waals surface area contributed by atoms with Gasteiger partial charge in [-0.15, -0.1) is 11.8 Å². The summed E-state index contributed by atoms with van der Waals surface area (Å²) in [7, 11) is 0. The Hall–Kier alpha value is -1.02. The molecule has 1 fully saturated rings. The van der Waals surface area contributed by atoms with Gasteiger partial charge in [0.05, 0.1) is 0 Å². The molecule has 0 heterocycles. The molecule has 0 aliphatic heterocycles. The molecule has 0 aromatic heterocycles. The second-order valence-electron chi connectivity index (χ2n) is 4.73. The molecule has 1 nitrogen and oxygen atoms in total. The Bertz CT molecular complexity index is 397. The number of carbonyl (C=O) groups excluding carboxylic acids is 1. The number of carbonyl (C=O) groups is 1. The minimum atomic E-state index is 0.358. The van der Waals surface area contributed by atoms with Crippen LogP contribution >= 0.6 is 11.8 Å². The van der Waals surface area contributed by atoms with Crippen molar-refractivity contribution < 1.29 is 4.79 Å². The summed E-state index contributed by atoms with van der Waals surface area (Å²) in [5.74, 6) is 1.86. The van der Waals surface area contributed by atoms with Gasteiger partial charge in [-0.2, -0.15) is 0 Å². The van der Waals surface area contributed by atoms with Crippen molar-refractivity contribution in [3.8, 4) is 0 Å².